The molecule has 0 aliphatic carbocycles. The quantitative estimate of drug-likeness (QED) is 0.562. The minimum atomic E-state index is -1.17. The Morgan fingerprint density at radius 1 is 0.871 bits per heavy atom. The van der Waals surface area contributed by atoms with Crippen LogP contribution >= 0.6 is 0 Å². The molecule has 0 aromatic heterocycles. The Morgan fingerprint density at radius 3 is 2.10 bits per heavy atom. The molecule has 0 bridgehead atoms. The average Bonchev–Trinajstić information content (AvgIpc) is 2.69. The molecule has 0 unspecified atom stereocenters. The summed E-state index contributed by atoms with van der Waals surface area (Å²) in [4.78, 5) is 24.0. The first-order valence-electron chi connectivity index (χ1n) is 9.63. The van der Waals surface area contributed by atoms with Gasteiger partial charge in [-0.1, -0.05) is 36.4 Å². The summed E-state index contributed by atoms with van der Waals surface area (Å²) in [6, 6.07) is 18.6. The molecule has 3 rings (SSSR count). The standard InChI is InChI=1S/C24H22F2N2O3/c1-24(2,15-16-7-4-3-5-8-16)31-18-13-11-17(12-14-18)27-23(30)28-22(29)21-19(25)9-6-10-20(21)26/h3-14H,15H2,1-2H3,(H2,27,28,29,30). The zero-order chi connectivity index (χ0) is 22.4. The number of ether oxygens (including phenoxy) is 1. The molecular weight excluding hydrogens is 402 g/mol. The Labute approximate surface area is 179 Å². The smallest absolute Gasteiger partial charge is 0.326 e. The van der Waals surface area contributed by atoms with Gasteiger partial charge in [0, 0.05) is 12.1 Å². The number of carbonyl (C=O) groups excluding carboxylic acids is 2. The van der Waals surface area contributed by atoms with Crippen molar-refractivity contribution < 1.29 is 23.1 Å². The van der Waals surface area contributed by atoms with Crippen LogP contribution in [0.4, 0.5) is 19.3 Å². The van der Waals surface area contributed by atoms with Gasteiger partial charge in [0.05, 0.1) is 0 Å². The van der Waals surface area contributed by atoms with Crippen molar-refractivity contribution in [3.05, 3.63) is 95.6 Å². The summed E-state index contributed by atoms with van der Waals surface area (Å²) in [7, 11) is 0. The van der Waals surface area contributed by atoms with Crippen LogP contribution in [0, 0.1) is 11.6 Å². The molecule has 0 heterocycles. The Kier molecular flexibility index (Phi) is 6.65. The van der Waals surface area contributed by atoms with Crippen molar-refractivity contribution in [2.24, 2.45) is 0 Å². The van der Waals surface area contributed by atoms with E-state index in [2.05, 4.69) is 5.32 Å². The highest BCUT2D eigenvalue weighted by Gasteiger charge is 2.21. The van der Waals surface area contributed by atoms with Crippen LogP contribution in [0.5, 0.6) is 5.75 Å². The van der Waals surface area contributed by atoms with Gasteiger partial charge in [-0.25, -0.2) is 13.6 Å². The van der Waals surface area contributed by atoms with E-state index in [9.17, 15) is 18.4 Å². The monoisotopic (exact) mass is 424 g/mol. The summed E-state index contributed by atoms with van der Waals surface area (Å²) >= 11 is 0. The van der Waals surface area contributed by atoms with E-state index in [0.717, 1.165) is 23.8 Å². The molecule has 3 amide bonds. The fraction of sp³-hybridized carbons (Fsp3) is 0.167. The van der Waals surface area contributed by atoms with E-state index in [1.54, 1.807) is 24.3 Å². The molecular formula is C24H22F2N2O3. The van der Waals surface area contributed by atoms with Crippen LogP contribution in [0.2, 0.25) is 0 Å². The first-order valence-corrected chi connectivity index (χ1v) is 9.63. The molecule has 7 heteroatoms. The van der Waals surface area contributed by atoms with Crippen molar-refractivity contribution in [1.82, 2.24) is 5.32 Å². The number of nitrogens with one attached hydrogen (secondary N) is 2. The molecule has 0 aliphatic heterocycles. The summed E-state index contributed by atoms with van der Waals surface area (Å²) in [5.41, 5.74) is 0.261. The minimum absolute atomic E-state index is 0.382. The second-order valence-electron chi connectivity index (χ2n) is 7.55. The first-order chi connectivity index (χ1) is 14.7. The average molecular weight is 424 g/mol. The Bertz CT molecular complexity index is 1050. The Hall–Kier alpha value is -3.74. The third-order valence-electron chi connectivity index (χ3n) is 4.40. The highest BCUT2D eigenvalue weighted by Crippen LogP contribution is 2.23. The van der Waals surface area contributed by atoms with E-state index in [-0.39, 0.29) is 0 Å². The number of halogens is 2. The highest BCUT2D eigenvalue weighted by molar-refractivity contribution is 6.08. The van der Waals surface area contributed by atoms with Crippen molar-refractivity contribution in [2.45, 2.75) is 25.9 Å². The lowest BCUT2D eigenvalue weighted by atomic mass is 9.98. The van der Waals surface area contributed by atoms with Crippen molar-refractivity contribution in [1.29, 1.82) is 0 Å². The van der Waals surface area contributed by atoms with Crippen LogP contribution in [-0.4, -0.2) is 17.5 Å². The van der Waals surface area contributed by atoms with Gasteiger partial charge in [-0.2, -0.15) is 0 Å². The summed E-state index contributed by atoms with van der Waals surface area (Å²) in [6.45, 7) is 3.96. The van der Waals surface area contributed by atoms with E-state index >= 15 is 0 Å². The third-order valence-corrected chi connectivity index (χ3v) is 4.40. The van der Waals surface area contributed by atoms with Crippen LogP contribution in [0.25, 0.3) is 0 Å². The second-order valence-corrected chi connectivity index (χ2v) is 7.55. The number of anilines is 1. The van der Waals surface area contributed by atoms with Crippen molar-refractivity contribution in [3.8, 4) is 5.75 Å². The van der Waals surface area contributed by atoms with Gasteiger partial charge in [0.2, 0.25) is 0 Å². The molecule has 2 N–H and O–H groups in total. The van der Waals surface area contributed by atoms with Gasteiger partial charge >= 0.3 is 6.03 Å². The van der Waals surface area contributed by atoms with Gasteiger partial charge in [0.15, 0.2) is 0 Å². The molecule has 160 valence electrons. The third kappa shape index (κ3) is 6.12. The van der Waals surface area contributed by atoms with E-state index < -0.39 is 34.7 Å². The number of hydrogen-bond donors (Lipinski definition) is 2. The maximum absolute atomic E-state index is 13.6. The zero-order valence-electron chi connectivity index (χ0n) is 17.1. The molecule has 31 heavy (non-hydrogen) atoms. The maximum atomic E-state index is 13.6. The number of carbonyl (C=O) groups is 2. The molecule has 0 aliphatic rings. The second kappa shape index (κ2) is 9.38. The lowest BCUT2D eigenvalue weighted by Crippen LogP contribution is -2.35. The van der Waals surface area contributed by atoms with Crippen LogP contribution in [0.1, 0.15) is 29.8 Å². The molecule has 0 atom stereocenters. The molecule has 0 saturated heterocycles. The zero-order valence-corrected chi connectivity index (χ0v) is 17.1. The SMILES string of the molecule is CC(C)(Cc1ccccc1)Oc1ccc(NC(=O)NC(=O)c2c(F)cccc2F)cc1. The summed E-state index contributed by atoms with van der Waals surface area (Å²) in [5, 5.41) is 4.35. The van der Waals surface area contributed by atoms with Gasteiger partial charge in [-0.3, -0.25) is 10.1 Å². The molecule has 5 nitrogen and oxygen atoms in total. The van der Waals surface area contributed by atoms with E-state index in [1.165, 1.54) is 0 Å². The normalized spacial score (nSPS) is 11.0. The lowest BCUT2D eigenvalue weighted by Gasteiger charge is -2.27. The predicted octanol–water partition coefficient (Wildman–Crippen LogP) is 5.33. The summed E-state index contributed by atoms with van der Waals surface area (Å²) < 4.78 is 33.3. The number of benzene rings is 3. The van der Waals surface area contributed by atoms with E-state index in [1.807, 2.05) is 49.5 Å². The van der Waals surface area contributed by atoms with Crippen LogP contribution in [0.3, 0.4) is 0 Å². The van der Waals surface area contributed by atoms with Crippen molar-refractivity contribution >= 4 is 17.6 Å². The van der Waals surface area contributed by atoms with Gasteiger partial charge in [-0.15, -0.1) is 0 Å². The summed E-state index contributed by atoms with van der Waals surface area (Å²) in [6.07, 6.45) is 0.713. The molecule has 0 fully saturated rings. The van der Waals surface area contributed by atoms with Gasteiger partial charge < -0.3 is 10.1 Å². The summed E-state index contributed by atoms with van der Waals surface area (Å²) in [5.74, 6) is -2.66. The highest BCUT2D eigenvalue weighted by atomic mass is 19.1. The number of urea groups is 1. The van der Waals surface area contributed by atoms with Gasteiger partial charge in [-0.05, 0) is 55.8 Å². The van der Waals surface area contributed by atoms with Crippen molar-refractivity contribution in [2.75, 3.05) is 5.32 Å². The van der Waals surface area contributed by atoms with Crippen LogP contribution in [0.15, 0.2) is 72.8 Å². The topological polar surface area (TPSA) is 67.4 Å². The maximum Gasteiger partial charge on any atom is 0.326 e. The number of rotatable bonds is 6. The van der Waals surface area contributed by atoms with Gasteiger partial charge in [0.1, 0.15) is 28.5 Å². The number of amides is 3. The first kappa shape index (κ1) is 22.0. The fourth-order valence-electron chi connectivity index (χ4n) is 3.09. The van der Waals surface area contributed by atoms with Crippen LogP contribution < -0.4 is 15.4 Å². The van der Waals surface area contributed by atoms with E-state index in [4.69, 9.17) is 4.74 Å². The minimum Gasteiger partial charge on any atom is -0.488 e. The predicted molar refractivity (Wildman–Crippen MR) is 114 cm³/mol. The molecule has 3 aromatic rings. The fourth-order valence-corrected chi connectivity index (χ4v) is 3.09. The number of hydrogen-bond acceptors (Lipinski definition) is 3. The molecule has 0 spiro atoms. The molecule has 0 saturated carbocycles. The molecule has 3 aromatic carbocycles. The lowest BCUT2D eigenvalue weighted by molar-refractivity contribution is 0.0958. The Balaban J connectivity index is 1.57. The Morgan fingerprint density at radius 2 is 1.48 bits per heavy atom. The van der Waals surface area contributed by atoms with Crippen molar-refractivity contribution in [3.63, 3.8) is 0 Å². The van der Waals surface area contributed by atoms with Crippen LogP contribution in [-0.2, 0) is 6.42 Å². The largest absolute Gasteiger partial charge is 0.488 e. The van der Waals surface area contributed by atoms with E-state index in [0.29, 0.717) is 17.9 Å². The van der Waals surface area contributed by atoms with Gasteiger partial charge in [0.25, 0.3) is 5.91 Å². The molecule has 0 radical (unpaired) electrons. The number of imide groups is 1.